The topological polar surface area (TPSA) is 56.1 Å². The van der Waals surface area contributed by atoms with Crippen molar-refractivity contribution in [2.75, 3.05) is 5.32 Å². The molecule has 0 bridgehead atoms. The highest BCUT2D eigenvalue weighted by molar-refractivity contribution is 6.04. The zero-order valence-corrected chi connectivity index (χ0v) is 18.7. The molecular weight excluding hydrogens is 417 g/mol. The van der Waals surface area contributed by atoms with Gasteiger partial charge in [0.05, 0.1) is 18.4 Å². The molecule has 4 aromatic rings. The van der Waals surface area contributed by atoms with Crippen LogP contribution in [0.5, 0.6) is 5.75 Å². The molecule has 1 N–H and O–H groups in total. The molecule has 5 nitrogen and oxygen atoms in total. The molecule has 6 heteroatoms. The molecular formula is C27H26FN3O2. The predicted molar refractivity (Wildman–Crippen MR) is 127 cm³/mol. The van der Waals surface area contributed by atoms with Crippen LogP contribution < -0.4 is 10.1 Å². The van der Waals surface area contributed by atoms with Gasteiger partial charge in [0.1, 0.15) is 18.2 Å². The van der Waals surface area contributed by atoms with Crippen molar-refractivity contribution in [1.82, 2.24) is 9.78 Å². The monoisotopic (exact) mass is 443 g/mol. The Morgan fingerprint density at radius 2 is 1.79 bits per heavy atom. The van der Waals surface area contributed by atoms with Crippen LogP contribution in [0, 0.1) is 5.82 Å². The van der Waals surface area contributed by atoms with Gasteiger partial charge >= 0.3 is 0 Å². The van der Waals surface area contributed by atoms with Gasteiger partial charge in [0, 0.05) is 11.8 Å². The van der Waals surface area contributed by atoms with Gasteiger partial charge in [-0.1, -0.05) is 50.2 Å². The molecule has 0 spiro atoms. The lowest BCUT2D eigenvalue weighted by Crippen LogP contribution is -2.12. The van der Waals surface area contributed by atoms with Crippen molar-refractivity contribution in [2.45, 2.75) is 32.9 Å². The van der Waals surface area contributed by atoms with E-state index in [-0.39, 0.29) is 11.7 Å². The van der Waals surface area contributed by atoms with E-state index in [9.17, 15) is 9.18 Å². The summed E-state index contributed by atoms with van der Waals surface area (Å²) < 4.78 is 20.6. The SMILES string of the molecule is CC(C)c1ccc(OCc2cccc(C(=O)Nc3cnn(Cc4ccc(F)cc4)c3)c2)cc1. The first-order chi connectivity index (χ1) is 16.0. The van der Waals surface area contributed by atoms with Crippen LogP contribution in [0.15, 0.2) is 85.2 Å². The van der Waals surface area contributed by atoms with Gasteiger partial charge in [-0.3, -0.25) is 9.48 Å². The molecule has 0 aliphatic heterocycles. The molecule has 0 unspecified atom stereocenters. The average molecular weight is 444 g/mol. The Bertz CT molecular complexity index is 1210. The van der Waals surface area contributed by atoms with Crippen molar-refractivity contribution in [2.24, 2.45) is 0 Å². The summed E-state index contributed by atoms with van der Waals surface area (Å²) in [6, 6.07) is 21.7. The molecule has 0 fully saturated rings. The number of nitrogens with one attached hydrogen (secondary N) is 1. The largest absolute Gasteiger partial charge is 0.489 e. The lowest BCUT2D eigenvalue weighted by Gasteiger charge is -2.10. The number of ether oxygens (including phenoxy) is 1. The molecule has 3 aromatic carbocycles. The van der Waals surface area contributed by atoms with E-state index in [0.717, 1.165) is 16.9 Å². The quantitative estimate of drug-likeness (QED) is 0.362. The van der Waals surface area contributed by atoms with Crippen molar-refractivity contribution in [1.29, 1.82) is 0 Å². The number of hydrogen-bond acceptors (Lipinski definition) is 3. The summed E-state index contributed by atoms with van der Waals surface area (Å²) in [5.41, 5.74) is 4.22. The van der Waals surface area contributed by atoms with Gasteiger partial charge in [0.25, 0.3) is 5.91 Å². The second-order valence-electron chi connectivity index (χ2n) is 8.22. The van der Waals surface area contributed by atoms with Crippen LogP contribution in [-0.4, -0.2) is 15.7 Å². The van der Waals surface area contributed by atoms with Gasteiger partial charge in [-0.25, -0.2) is 4.39 Å². The van der Waals surface area contributed by atoms with E-state index in [0.29, 0.717) is 30.3 Å². The van der Waals surface area contributed by atoms with E-state index >= 15 is 0 Å². The highest BCUT2D eigenvalue weighted by Crippen LogP contribution is 2.20. The highest BCUT2D eigenvalue weighted by atomic mass is 19.1. The molecule has 0 aliphatic carbocycles. The molecule has 0 aliphatic rings. The van der Waals surface area contributed by atoms with Crippen molar-refractivity contribution in [3.63, 3.8) is 0 Å². The minimum absolute atomic E-state index is 0.223. The second kappa shape index (κ2) is 10.1. The second-order valence-corrected chi connectivity index (χ2v) is 8.22. The fourth-order valence-electron chi connectivity index (χ4n) is 3.41. The number of aromatic nitrogens is 2. The summed E-state index contributed by atoms with van der Waals surface area (Å²) in [6.45, 7) is 5.17. The molecule has 0 radical (unpaired) electrons. The fourth-order valence-corrected chi connectivity index (χ4v) is 3.41. The first-order valence-electron chi connectivity index (χ1n) is 10.9. The third-order valence-corrected chi connectivity index (χ3v) is 5.29. The van der Waals surface area contributed by atoms with Crippen LogP contribution in [0.1, 0.15) is 46.8 Å². The third kappa shape index (κ3) is 6.07. The fraction of sp³-hybridized carbons (Fsp3) is 0.185. The number of rotatable bonds is 8. The van der Waals surface area contributed by atoms with Gasteiger partial charge < -0.3 is 10.1 Å². The van der Waals surface area contributed by atoms with Crippen LogP contribution in [-0.2, 0) is 13.2 Å². The first-order valence-corrected chi connectivity index (χ1v) is 10.9. The van der Waals surface area contributed by atoms with E-state index in [1.54, 1.807) is 35.3 Å². The molecule has 1 amide bonds. The molecule has 0 saturated carbocycles. The third-order valence-electron chi connectivity index (χ3n) is 5.29. The summed E-state index contributed by atoms with van der Waals surface area (Å²) in [6.07, 6.45) is 3.34. The molecule has 4 rings (SSSR count). The minimum Gasteiger partial charge on any atom is -0.489 e. The van der Waals surface area contributed by atoms with E-state index in [1.807, 2.05) is 30.3 Å². The smallest absolute Gasteiger partial charge is 0.255 e. The van der Waals surface area contributed by atoms with Crippen LogP contribution in [0.3, 0.4) is 0 Å². The maximum Gasteiger partial charge on any atom is 0.255 e. The number of hydrogen-bond donors (Lipinski definition) is 1. The van der Waals surface area contributed by atoms with Crippen LogP contribution >= 0.6 is 0 Å². The van der Waals surface area contributed by atoms with Gasteiger partial charge in [-0.05, 0) is 59.0 Å². The van der Waals surface area contributed by atoms with Crippen LogP contribution in [0.4, 0.5) is 10.1 Å². The number of halogens is 1. The van der Waals surface area contributed by atoms with Crippen molar-refractivity contribution in [3.05, 3.63) is 113 Å². The van der Waals surface area contributed by atoms with Gasteiger partial charge in [-0.15, -0.1) is 0 Å². The van der Waals surface area contributed by atoms with Crippen LogP contribution in [0.2, 0.25) is 0 Å². The normalized spacial score (nSPS) is 10.9. The maximum absolute atomic E-state index is 13.1. The zero-order valence-electron chi connectivity index (χ0n) is 18.7. The lowest BCUT2D eigenvalue weighted by molar-refractivity contribution is 0.102. The molecule has 1 aromatic heterocycles. The zero-order chi connectivity index (χ0) is 23.2. The summed E-state index contributed by atoms with van der Waals surface area (Å²) >= 11 is 0. The van der Waals surface area contributed by atoms with E-state index in [2.05, 4.69) is 36.4 Å². The van der Waals surface area contributed by atoms with Gasteiger partial charge in [0.15, 0.2) is 0 Å². The lowest BCUT2D eigenvalue weighted by atomic mass is 10.0. The Labute approximate surface area is 192 Å². The summed E-state index contributed by atoms with van der Waals surface area (Å²) in [5.74, 6) is 0.774. The van der Waals surface area contributed by atoms with Crippen molar-refractivity contribution < 1.29 is 13.9 Å². The Hall–Kier alpha value is -3.93. The minimum atomic E-state index is -0.274. The van der Waals surface area contributed by atoms with E-state index in [4.69, 9.17) is 4.74 Å². The number of carbonyl (C=O) groups is 1. The number of amides is 1. The summed E-state index contributed by atoms with van der Waals surface area (Å²) in [4.78, 5) is 12.7. The van der Waals surface area contributed by atoms with E-state index < -0.39 is 0 Å². The van der Waals surface area contributed by atoms with E-state index in [1.165, 1.54) is 17.7 Å². The number of carbonyl (C=O) groups excluding carboxylic acids is 1. The maximum atomic E-state index is 13.1. The van der Waals surface area contributed by atoms with Crippen LogP contribution in [0.25, 0.3) is 0 Å². The highest BCUT2D eigenvalue weighted by Gasteiger charge is 2.09. The Kier molecular flexibility index (Phi) is 6.83. The van der Waals surface area contributed by atoms with Crippen molar-refractivity contribution in [3.8, 4) is 5.75 Å². The molecule has 1 heterocycles. The Morgan fingerprint density at radius 3 is 2.52 bits per heavy atom. The predicted octanol–water partition coefficient (Wildman–Crippen LogP) is 6.03. The molecule has 33 heavy (non-hydrogen) atoms. The molecule has 168 valence electrons. The Balaban J connectivity index is 1.34. The number of benzene rings is 3. The Morgan fingerprint density at radius 1 is 1.03 bits per heavy atom. The first kappa shape index (κ1) is 22.3. The number of nitrogens with zero attached hydrogens (tertiary/aromatic N) is 2. The van der Waals surface area contributed by atoms with Gasteiger partial charge in [0.2, 0.25) is 0 Å². The summed E-state index contributed by atoms with van der Waals surface area (Å²) in [7, 11) is 0. The number of anilines is 1. The molecule has 0 atom stereocenters. The average Bonchev–Trinajstić information content (AvgIpc) is 3.26. The van der Waals surface area contributed by atoms with Gasteiger partial charge in [-0.2, -0.15) is 5.10 Å². The molecule has 0 saturated heterocycles. The standard InChI is InChI=1S/C27H26FN3O2/c1-19(2)22-8-12-26(13-9-22)33-18-21-4-3-5-23(14-21)27(32)30-25-15-29-31(17-25)16-20-6-10-24(28)11-7-20/h3-15,17,19H,16,18H2,1-2H3,(H,30,32). The summed E-state index contributed by atoms with van der Waals surface area (Å²) in [5, 5.41) is 7.13. The van der Waals surface area contributed by atoms with Crippen molar-refractivity contribution >= 4 is 11.6 Å².